The summed E-state index contributed by atoms with van der Waals surface area (Å²) in [6, 6.07) is 0. The van der Waals surface area contributed by atoms with Crippen LogP contribution in [-0.2, 0) is 0 Å². The highest BCUT2D eigenvalue weighted by Gasteiger charge is 2.24. The number of piperidine rings is 1. The first kappa shape index (κ1) is 9.57. The summed E-state index contributed by atoms with van der Waals surface area (Å²) >= 11 is 0. The highest BCUT2D eigenvalue weighted by atomic mass is 15.1. The van der Waals surface area contributed by atoms with Crippen molar-refractivity contribution in [1.82, 2.24) is 4.90 Å². The van der Waals surface area contributed by atoms with Gasteiger partial charge in [0, 0.05) is 18.8 Å². The molecule has 1 nitrogen and oxygen atoms in total. The second-order valence-corrected chi connectivity index (χ2v) is 4.09. The van der Waals surface area contributed by atoms with Crippen LogP contribution in [-0.4, -0.2) is 18.0 Å². The molecule has 0 N–H and O–H groups in total. The Kier molecular flexibility index (Phi) is 2.76. The van der Waals surface area contributed by atoms with Gasteiger partial charge in [0.15, 0.2) is 0 Å². The van der Waals surface area contributed by atoms with Gasteiger partial charge in [-0.25, -0.2) is 0 Å². The Labute approximate surface area is 86.8 Å². The molecule has 2 aliphatic rings. The van der Waals surface area contributed by atoms with E-state index in [0.29, 0.717) is 0 Å². The maximum absolute atomic E-state index is 3.93. The molecule has 0 aromatic rings. The Bertz CT molecular complexity index is 296. The van der Waals surface area contributed by atoms with E-state index >= 15 is 0 Å². The van der Waals surface area contributed by atoms with Gasteiger partial charge in [-0.15, -0.1) is 0 Å². The maximum atomic E-state index is 3.93. The summed E-state index contributed by atoms with van der Waals surface area (Å²) in [6.07, 6.45) is 9.40. The van der Waals surface area contributed by atoms with Gasteiger partial charge in [-0.2, -0.15) is 0 Å². The van der Waals surface area contributed by atoms with Gasteiger partial charge in [0.25, 0.3) is 0 Å². The lowest BCUT2D eigenvalue weighted by Crippen LogP contribution is -2.33. The molecule has 0 unspecified atom stereocenters. The van der Waals surface area contributed by atoms with E-state index in [2.05, 4.69) is 30.6 Å². The molecule has 1 fully saturated rings. The van der Waals surface area contributed by atoms with Crippen molar-refractivity contribution >= 4 is 0 Å². The third-order valence-corrected chi connectivity index (χ3v) is 3.27. The molecule has 0 radical (unpaired) electrons. The van der Waals surface area contributed by atoms with E-state index in [0.717, 1.165) is 0 Å². The van der Waals surface area contributed by atoms with Crippen LogP contribution < -0.4 is 0 Å². The second-order valence-electron chi connectivity index (χ2n) is 4.09. The summed E-state index contributed by atoms with van der Waals surface area (Å²) in [5.41, 5.74) is 4.50. The summed E-state index contributed by atoms with van der Waals surface area (Å²) in [7, 11) is 0. The van der Waals surface area contributed by atoms with Crippen LogP contribution in [0.2, 0.25) is 0 Å². The van der Waals surface area contributed by atoms with E-state index in [1.54, 1.807) is 0 Å². The molecule has 2 heterocycles. The fraction of sp³-hybridized carbons (Fsp3) is 0.538. The van der Waals surface area contributed by atoms with Crippen LogP contribution in [0.4, 0.5) is 0 Å². The molecule has 76 valence electrons. The van der Waals surface area contributed by atoms with Crippen molar-refractivity contribution in [3.8, 4) is 0 Å². The molecular formula is C13H19N. The lowest BCUT2D eigenvalue weighted by atomic mass is 9.91. The van der Waals surface area contributed by atoms with Crippen molar-refractivity contribution in [2.24, 2.45) is 0 Å². The molecular weight excluding hydrogens is 170 g/mol. The molecule has 0 spiro atoms. The SMILES string of the molecule is C=CC1=C2/C(=C\C)CCCN2CCC1. The highest BCUT2D eigenvalue weighted by Crippen LogP contribution is 2.34. The monoisotopic (exact) mass is 189 g/mol. The highest BCUT2D eigenvalue weighted by molar-refractivity contribution is 5.41. The fourth-order valence-electron chi connectivity index (χ4n) is 2.59. The Morgan fingerprint density at radius 3 is 2.57 bits per heavy atom. The Morgan fingerprint density at radius 2 is 1.93 bits per heavy atom. The predicted octanol–water partition coefficient (Wildman–Crippen LogP) is 3.26. The van der Waals surface area contributed by atoms with Crippen LogP contribution >= 0.6 is 0 Å². The minimum Gasteiger partial charge on any atom is -0.371 e. The lowest BCUT2D eigenvalue weighted by Gasteiger charge is -2.38. The smallest absolute Gasteiger partial charge is 0.0427 e. The first-order valence-corrected chi connectivity index (χ1v) is 5.63. The van der Waals surface area contributed by atoms with Crippen molar-refractivity contribution in [2.45, 2.75) is 32.6 Å². The largest absolute Gasteiger partial charge is 0.371 e. The minimum absolute atomic E-state index is 1.21. The quantitative estimate of drug-likeness (QED) is 0.612. The van der Waals surface area contributed by atoms with Crippen LogP contribution in [0.5, 0.6) is 0 Å². The van der Waals surface area contributed by atoms with Gasteiger partial charge in [0.1, 0.15) is 0 Å². The molecule has 0 bridgehead atoms. The van der Waals surface area contributed by atoms with Crippen molar-refractivity contribution in [3.05, 3.63) is 35.6 Å². The fourth-order valence-corrected chi connectivity index (χ4v) is 2.59. The second kappa shape index (κ2) is 4.04. The molecule has 0 atom stereocenters. The number of rotatable bonds is 1. The molecule has 0 saturated carbocycles. The van der Waals surface area contributed by atoms with E-state index in [9.17, 15) is 0 Å². The van der Waals surface area contributed by atoms with E-state index in [-0.39, 0.29) is 0 Å². The minimum atomic E-state index is 1.21. The summed E-state index contributed by atoms with van der Waals surface area (Å²) in [5.74, 6) is 0. The van der Waals surface area contributed by atoms with E-state index < -0.39 is 0 Å². The van der Waals surface area contributed by atoms with Gasteiger partial charge in [-0.05, 0) is 43.8 Å². The van der Waals surface area contributed by atoms with Gasteiger partial charge < -0.3 is 4.90 Å². The third kappa shape index (κ3) is 1.52. The molecule has 14 heavy (non-hydrogen) atoms. The molecule has 2 rings (SSSR count). The van der Waals surface area contributed by atoms with Gasteiger partial charge in [0.05, 0.1) is 0 Å². The topological polar surface area (TPSA) is 3.24 Å². The normalized spacial score (nSPS) is 25.2. The third-order valence-electron chi connectivity index (χ3n) is 3.27. The van der Waals surface area contributed by atoms with E-state index in [1.807, 2.05) is 0 Å². The summed E-state index contributed by atoms with van der Waals surface area (Å²) < 4.78 is 0. The molecule has 1 saturated heterocycles. The van der Waals surface area contributed by atoms with Crippen LogP contribution in [0.25, 0.3) is 0 Å². The van der Waals surface area contributed by atoms with E-state index in [4.69, 9.17) is 0 Å². The average molecular weight is 189 g/mol. The number of hydrogen-bond donors (Lipinski definition) is 0. The lowest BCUT2D eigenvalue weighted by molar-refractivity contribution is 0.297. The Hall–Kier alpha value is -0.980. The van der Waals surface area contributed by atoms with Crippen LogP contribution in [0.3, 0.4) is 0 Å². The van der Waals surface area contributed by atoms with Gasteiger partial charge >= 0.3 is 0 Å². The van der Waals surface area contributed by atoms with Crippen molar-refractivity contribution in [3.63, 3.8) is 0 Å². The van der Waals surface area contributed by atoms with Crippen molar-refractivity contribution in [2.75, 3.05) is 13.1 Å². The number of nitrogens with zero attached hydrogens (tertiary/aromatic N) is 1. The zero-order chi connectivity index (χ0) is 9.97. The molecule has 1 heteroatoms. The van der Waals surface area contributed by atoms with E-state index in [1.165, 1.54) is 55.6 Å². The standard InChI is InChI=1S/C13H19N/c1-3-11-7-5-9-14-10-6-8-12(4-2)13(11)14/h3-4H,1,5-10H2,2H3/b12-4-. The Balaban J connectivity index is 2.41. The number of hydrogen-bond acceptors (Lipinski definition) is 1. The summed E-state index contributed by atoms with van der Waals surface area (Å²) in [4.78, 5) is 2.54. The number of fused-ring (bicyclic) bond motifs is 1. The predicted molar refractivity (Wildman–Crippen MR) is 61.0 cm³/mol. The van der Waals surface area contributed by atoms with Crippen molar-refractivity contribution < 1.29 is 0 Å². The molecule has 0 aromatic carbocycles. The molecule has 0 amide bonds. The van der Waals surface area contributed by atoms with Crippen LogP contribution in [0.15, 0.2) is 35.6 Å². The summed E-state index contributed by atoms with van der Waals surface area (Å²) in [5, 5.41) is 0. The Morgan fingerprint density at radius 1 is 1.21 bits per heavy atom. The van der Waals surface area contributed by atoms with Gasteiger partial charge in [-0.3, -0.25) is 0 Å². The zero-order valence-electron chi connectivity index (χ0n) is 9.05. The molecule has 2 aliphatic heterocycles. The molecule has 0 aromatic heterocycles. The average Bonchev–Trinajstić information content (AvgIpc) is 2.27. The number of allylic oxidation sites excluding steroid dienone is 4. The maximum Gasteiger partial charge on any atom is 0.0427 e. The van der Waals surface area contributed by atoms with Gasteiger partial charge in [-0.1, -0.05) is 18.7 Å². The first-order chi connectivity index (χ1) is 6.86. The van der Waals surface area contributed by atoms with Gasteiger partial charge in [0.2, 0.25) is 0 Å². The molecule has 0 aliphatic carbocycles. The van der Waals surface area contributed by atoms with Crippen LogP contribution in [0.1, 0.15) is 32.6 Å². The zero-order valence-corrected chi connectivity index (χ0v) is 9.05. The van der Waals surface area contributed by atoms with Crippen molar-refractivity contribution in [1.29, 1.82) is 0 Å². The van der Waals surface area contributed by atoms with Crippen LogP contribution in [0, 0.1) is 0 Å². The first-order valence-electron chi connectivity index (χ1n) is 5.63. The summed E-state index contributed by atoms with van der Waals surface area (Å²) in [6.45, 7) is 8.57.